The molecule has 2 nitrogen and oxygen atoms in total. The third-order valence-corrected chi connectivity index (χ3v) is 4.08. The van der Waals surface area contributed by atoms with Crippen LogP contribution in [-0.4, -0.2) is 10.9 Å². The van der Waals surface area contributed by atoms with E-state index in [1.165, 1.54) is 0 Å². The van der Waals surface area contributed by atoms with Gasteiger partial charge in [0.15, 0.2) is 6.29 Å². The fraction of sp³-hybridized carbons (Fsp3) is 0.133. The molecule has 3 rings (SSSR count). The van der Waals surface area contributed by atoms with Gasteiger partial charge in [-0.2, -0.15) is 0 Å². The zero-order valence-electron chi connectivity index (χ0n) is 10.1. The number of aldehydes is 1. The first-order valence-corrected chi connectivity index (χ1v) is 6.85. The highest BCUT2D eigenvalue weighted by atomic mass is 32.1. The van der Waals surface area contributed by atoms with Gasteiger partial charge in [0.25, 0.3) is 0 Å². The number of benzene rings is 1. The van der Waals surface area contributed by atoms with E-state index in [9.17, 15) is 4.79 Å². The standard InChI is InChI=1S/C15H13NOS/c1-2-16-13-7-4-3-6-11(13)12(10-17)15(16)14-8-5-9-18-14/h3-10H,2H2,1H3. The van der Waals surface area contributed by atoms with Crippen molar-refractivity contribution in [2.45, 2.75) is 13.5 Å². The number of para-hydroxylation sites is 1. The van der Waals surface area contributed by atoms with Crippen LogP contribution in [0, 0.1) is 0 Å². The van der Waals surface area contributed by atoms with Crippen LogP contribution in [0.4, 0.5) is 0 Å². The molecule has 0 spiro atoms. The van der Waals surface area contributed by atoms with Crippen molar-refractivity contribution in [1.82, 2.24) is 4.57 Å². The topological polar surface area (TPSA) is 22.0 Å². The number of rotatable bonds is 3. The van der Waals surface area contributed by atoms with Gasteiger partial charge < -0.3 is 4.57 Å². The molecule has 0 unspecified atom stereocenters. The molecule has 3 heteroatoms. The highest BCUT2D eigenvalue weighted by molar-refractivity contribution is 7.13. The average Bonchev–Trinajstić information content (AvgIpc) is 3.03. The zero-order chi connectivity index (χ0) is 12.5. The van der Waals surface area contributed by atoms with Crippen LogP contribution in [0.3, 0.4) is 0 Å². The van der Waals surface area contributed by atoms with Crippen molar-refractivity contribution in [2.24, 2.45) is 0 Å². The molecular formula is C15H13NOS. The minimum absolute atomic E-state index is 0.801. The highest BCUT2D eigenvalue weighted by Gasteiger charge is 2.17. The first-order chi connectivity index (χ1) is 8.86. The molecule has 0 amide bonds. The second-order valence-corrected chi connectivity index (χ2v) is 5.07. The third-order valence-electron chi connectivity index (χ3n) is 3.20. The van der Waals surface area contributed by atoms with Gasteiger partial charge in [0, 0.05) is 23.0 Å². The van der Waals surface area contributed by atoms with Gasteiger partial charge in [-0.25, -0.2) is 0 Å². The molecule has 0 aliphatic rings. The lowest BCUT2D eigenvalue weighted by Crippen LogP contribution is -1.96. The Bertz CT molecular complexity index is 695. The Balaban J connectivity index is 2.45. The predicted molar refractivity (Wildman–Crippen MR) is 76.3 cm³/mol. The molecule has 2 heterocycles. The Morgan fingerprint density at radius 1 is 1.22 bits per heavy atom. The lowest BCUT2D eigenvalue weighted by molar-refractivity contribution is 0.112. The van der Waals surface area contributed by atoms with Crippen molar-refractivity contribution >= 4 is 28.5 Å². The van der Waals surface area contributed by atoms with Gasteiger partial charge in [0.1, 0.15) is 0 Å². The van der Waals surface area contributed by atoms with Crippen molar-refractivity contribution < 1.29 is 4.79 Å². The fourth-order valence-electron chi connectivity index (χ4n) is 2.46. The summed E-state index contributed by atoms with van der Waals surface area (Å²) >= 11 is 1.67. The second kappa shape index (κ2) is 4.42. The molecule has 90 valence electrons. The van der Waals surface area contributed by atoms with Gasteiger partial charge in [-0.1, -0.05) is 24.3 Å². The molecule has 1 aromatic carbocycles. The molecule has 0 fully saturated rings. The Labute approximate surface area is 109 Å². The molecule has 2 aromatic heterocycles. The summed E-state index contributed by atoms with van der Waals surface area (Å²) in [6, 6.07) is 12.2. The van der Waals surface area contributed by atoms with E-state index in [0.717, 1.165) is 39.9 Å². The molecular weight excluding hydrogens is 242 g/mol. The number of carbonyl (C=O) groups excluding carboxylic acids is 1. The quantitative estimate of drug-likeness (QED) is 0.643. The summed E-state index contributed by atoms with van der Waals surface area (Å²) in [5.41, 5.74) is 2.98. The molecule has 0 bridgehead atoms. The maximum absolute atomic E-state index is 11.5. The fourth-order valence-corrected chi connectivity index (χ4v) is 3.25. The summed E-state index contributed by atoms with van der Waals surface area (Å²) in [7, 11) is 0. The third kappa shape index (κ3) is 1.51. The van der Waals surface area contributed by atoms with E-state index in [0.29, 0.717) is 0 Å². The molecule has 0 saturated heterocycles. The van der Waals surface area contributed by atoms with Crippen LogP contribution >= 0.6 is 11.3 Å². The van der Waals surface area contributed by atoms with Crippen molar-refractivity contribution in [3.63, 3.8) is 0 Å². The Hall–Kier alpha value is -1.87. The summed E-state index contributed by atoms with van der Waals surface area (Å²) in [6.45, 7) is 2.97. The number of aryl methyl sites for hydroxylation is 1. The number of fused-ring (bicyclic) bond motifs is 1. The minimum atomic E-state index is 0.801. The number of nitrogens with zero attached hydrogens (tertiary/aromatic N) is 1. The summed E-state index contributed by atoms with van der Waals surface area (Å²) in [6.07, 6.45) is 0.976. The van der Waals surface area contributed by atoms with Crippen LogP contribution in [0.25, 0.3) is 21.5 Å². The smallest absolute Gasteiger partial charge is 0.152 e. The lowest BCUT2D eigenvalue weighted by atomic mass is 10.1. The van der Waals surface area contributed by atoms with E-state index in [1.54, 1.807) is 11.3 Å². The molecule has 3 aromatic rings. The van der Waals surface area contributed by atoms with Gasteiger partial charge in [-0.05, 0) is 24.4 Å². The first kappa shape index (κ1) is 11.2. The van der Waals surface area contributed by atoms with Gasteiger partial charge in [-0.3, -0.25) is 4.79 Å². The number of carbonyl (C=O) groups is 1. The van der Waals surface area contributed by atoms with Gasteiger partial charge in [0.05, 0.1) is 10.6 Å². The van der Waals surface area contributed by atoms with Crippen LogP contribution in [0.15, 0.2) is 41.8 Å². The van der Waals surface area contributed by atoms with Crippen LogP contribution in [0.5, 0.6) is 0 Å². The largest absolute Gasteiger partial charge is 0.340 e. The SMILES string of the molecule is CCn1c(-c2cccs2)c(C=O)c2ccccc21. The summed E-state index contributed by atoms with van der Waals surface area (Å²) in [5, 5.41) is 3.08. The van der Waals surface area contributed by atoms with Gasteiger partial charge >= 0.3 is 0 Å². The zero-order valence-corrected chi connectivity index (χ0v) is 10.9. The van der Waals surface area contributed by atoms with Crippen molar-refractivity contribution in [3.8, 4) is 10.6 Å². The molecule has 0 aliphatic heterocycles. The first-order valence-electron chi connectivity index (χ1n) is 5.97. The van der Waals surface area contributed by atoms with E-state index in [2.05, 4.69) is 23.6 Å². The number of hydrogen-bond donors (Lipinski definition) is 0. The van der Waals surface area contributed by atoms with Gasteiger partial charge in [0.2, 0.25) is 0 Å². The van der Waals surface area contributed by atoms with E-state index in [4.69, 9.17) is 0 Å². The maximum Gasteiger partial charge on any atom is 0.152 e. The van der Waals surface area contributed by atoms with E-state index >= 15 is 0 Å². The molecule has 0 aliphatic carbocycles. The number of aromatic nitrogens is 1. The number of thiophene rings is 1. The van der Waals surface area contributed by atoms with Crippen LogP contribution in [0.2, 0.25) is 0 Å². The average molecular weight is 255 g/mol. The highest BCUT2D eigenvalue weighted by Crippen LogP contribution is 2.34. The monoisotopic (exact) mass is 255 g/mol. The van der Waals surface area contributed by atoms with Crippen molar-refractivity contribution in [1.29, 1.82) is 0 Å². The molecule has 0 atom stereocenters. The molecule has 0 N–H and O–H groups in total. The van der Waals surface area contributed by atoms with E-state index in [1.807, 2.05) is 29.6 Å². The van der Waals surface area contributed by atoms with Crippen LogP contribution < -0.4 is 0 Å². The summed E-state index contributed by atoms with van der Waals surface area (Å²) in [4.78, 5) is 12.6. The van der Waals surface area contributed by atoms with E-state index in [-0.39, 0.29) is 0 Å². The lowest BCUT2D eigenvalue weighted by Gasteiger charge is -2.06. The normalized spacial score (nSPS) is 10.9. The summed E-state index contributed by atoms with van der Waals surface area (Å²) in [5.74, 6) is 0. The second-order valence-electron chi connectivity index (χ2n) is 4.12. The Morgan fingerprint density at radius 3 is 2.72 bits per heavy atom. The Kier molecular flexibility index (Phi) is 2.76. The molecule has 0 saturated carbocycles. The van der Waals surface area contributed by atoms with Crippen LogP contribution in [-0.2, 0) is 6.54 Å². The molecule has 0 radical (unpaired) electrons. The van der Waals surface area contributed by atoms with Gasteiger partial charge in [-0.15, -0.1) is 11.3 Å². The van der Waals surface area contributed by atoms with Crippen molar-refractivity contribution in [2.75, 3.05) is 0 Å². The Morgan fingerprint density at radius 2 is 2.06 bits per heavy atom. The molecule has 18 heavy (non-hydrogen) atoms. The summed E-state index contributed by atoms with van der Waals surface area (Å²) < 4.78 is 2.21. The predicted octanol–water partition coefficient (Wildman–Crippen LogP) is 4.20. The minimum Gasteiger partial charge on any atom is -0.340 e. The van der Waals surface area contributed by atoms with Crippen molar-refractivity contribution in [3.05, 3.63) is 47.3 Å². The van der Waals surface area contributed by atoms with Crippen LogP contribution in [0.1, 0.15) is 17.3 Å². The van der Waals surface area contributed by atoms with E-state index < -0.39 is 0 Å². The maximum atomic E-state index is 11.5. The number of hydrogen-bond acceptors (Lipinski definition) is 2.